The van der Waals surface area contributed by atoms with Crippen LogP contribution in [0.4, 0.5) is 0 Å². The third kappa shape index (κ3) is 2.05. The minimum absolute atomic E-state index is 0.0281. The summed E-state index contributed by atoms with van der Waals surface area (Å²) in [7, 11) is 0. The number of aliphatic hydroxyl groups excluding tert-OH is 1. The third-order valence-corrected chi connectivity index (χ3v) is 9.30. The van der Waals surface area contributed by atoms with Crippen LogP contribution in [0.25, 0.3) is 0 Å². The molecule has 4 N–H and O–H groups in total. The van der Waals surface area contributed by atoms with Crippen molar-refractivity contribution >= 4 is 0 Å². The van der Waals surface area contributed by atoms with Gasteiger partial charge in [-0.2, -0.15) is 0 Å². The molecular formula is C20H35NO2. The van der Waals surface area contributed by atoms with Crippen molar-refractivity contribution in [1.29, 1.82) is 0 Å². The summed E-state index contributed by atoms with van der Waals surface area (Å²) in [4.78, 5) is 0. The van der Waals surface area contributed by atoms with Crippen molar-refractivity contribution in [3.63, 3.8) is 0 Å². The Morgan fingerprint density at radius 1 is 0.957 bits per heavy atom. The van der Waals surface area contributed by atoms with Gasteiger partial charge in [-0.3, -0.25) is 0 Å². The van der Waals surface area contributed by atoms with Gasteiger partial charge in [-0.05, 0) is 86.9 Å². The predicted molar refractivity (Wildman–Crippen MR) is 91.7 cm³/mol. The van der Waals surface area contributed by atoms with Gasteiger partial charge in [0.1, 0.15) is 0 Å². The zero-order chi connectivity index (χ0) is 16.5. The van der Waals surface area contributed by atoms with E-state index in [0.717, 1.165) is 43.9 Å². The van der Waals surface area contributed by atoms with Crippen LogP contribution in [0.15, 0.2) is 0 Å². The minimum Gasteiger partial charge on any atom is -0.393 e. The van der Waals surface area contributed by atoms with Crippen LogP contribution in [0.5, 0.6) is 0 Å². The molecular weight excluding hydrogens is 286 g/mol. The van der Waals surface area contributed by atoms with Crippen molar-refractivity contribution in [1.82, 2.24) is 0 Å². The molecule has 0 spiro atoms. The quantitative estimate of drug-likeness (QED) is 0.695. The molecule has 4 aliphatic carbocycles. The molecule has 0 radical (unpaired) electrons. The van der Waals surface area contributed by atoms with E-state index in [2.05, 4.69) is 13.8 Å². The smallest absolute Gasteiger partial charge is 0.0825 e. The highest BCUT2D eigenvalue weighted by atomic mass is 16.3. The molecule has 3 nitrogen and oxygen atoms in total. The Bertz CT molecular complexity index is 482. The van der Waals surface area contributed by atoms with Gasteiger partial charge in [0.2, 0.25) is 0 Å². The number of hydrogen-bond acceptors (Lipinski definition) is 3. The van der Waals surface area contributed by atoms with E-state index in [1.165, 1.54) is 25.7 Å². The zero-order valence-electron chi connectivity index (χ0n) is 14.9. The summed E-state index contributed by atoms with van der Waals surface area (Å²) in [6.45, 7) is 5.27. The Balaban J connectivity index is 1.63. The number of nitrogens with two attached hydrogens (primary N) is 1. The van der Waals surface area contributed by atoms with Crippen LogP contribution in [-0.4, -0.2) is 28.5 Å². The van der Waals surface area contributed by atoms with Crippen LogP contribution in [-0.2, 0) is 0 Å². The first kappa shape index (κ1) is 16.4. The highest BCUT2D eigenvalue weighted by Gasteiger charge is 2.64. The lowest BCUT2D eigenvalue weighted by Crippen LogP contribution is -2.58. The molecule has 3 heteroatoms. The molecule has 23 heavy (non-hydrogen) atoms. The fraction of sp³-hybridized carbons (Fsp3) is 1.00. The van der Waals surface area contributed by atoms with Crippen molar-refractivity contribution in [3.05, 3.63) is 0 Å². The van der Waals surface area contributed by atoms with Gasteiger partial charge in [0.15, 0.2) is 0 Å². The molecule has 0 aromatic carbocycles. The lowest BCUT2D eigenvalue weighted by atomic mass is 9.44. The molecule has 0 aliphatic heterocycles. The highest BCUT2D eigenvalue weighted by Crippen LogP contribution is 2.68. The van der Waals surface area contributed by atoms with E-state index in [-0.39, 0.29) is 11.5 Å². The lowest BCUT2D eigenvalue weighted by Gasteiger charge is -2.61. The van der Waals surface area contributed by atoms with Gasteiger partial charge in [0.25, 0.3) is 0 Å². The summed E-state index contributed by atoms with van der Waals surface area (Å²) < 4.78 is 0. The molecule has 4 aliphatic rings. The van der Waals surface area contributed by atoms with Gasteiger partial charge < -0.3 is 15.9 Å². The van der Waals surface area contributed by atoms with Gasteiger partial charge in [-0.15, -0.1) is 0 Å². The monoisotopic (exact) mass is 321 g/mol. The normalized spacial score (nSPS) is 59.1. The van der Waals surface area contributed by atoms with Crippen molar-refractivity contribution in [2.75, 3.05) is 6.54 Å². The van der Waals surface area contributed by atoms with E-state index in [1.54, 1.807) is 0 Å². The Morgan fingerprint density at radius 2 is 1.70 bits per heavy atom. The number of rotatable bonds is 1. The average molecular weight is 322 g/mol. The first-order valence-corrected chi connectivity index (χ1v) is 9.94. The van der Waals surface area contributed by atoms with E-state index >= 15 is 0 Å². The Kier molecular flexibility index (Phi) is 3.69. The van der Waals surface area contributed by atoms with E-state index in [1.807, 2.05) is 0 Å². The van der Waals surface area contributed by atoms with Crippen LogP contribution in [0.1, 0.15) is 71.6 Å². The minimum atomic E-state index is -0.636. The predicted octanol–water partition coefficient (Wildman–Crippen LogP) is 3.08. The van der Waals surface area contributed by atoms with Crippen molar-refractivity contribution in [2.24, 2.45) is 40.2 Å². The van der Waals surface area contributed by atoms with Crippen LogP contribution >= 0.6 is 0 Å². The molecule has 8 atom stereocenters. The third-order valence-electron chi connectivity index (χ3n) is 9.30. The Labute approximate surface area is 141 Å². The maximum Gasteiger partial charge on any atom is 0.0825 e. The second-order valence-corrected chi connectivity index (χ2v) is 9.82. The fourth-order valence-electron chi connectivity index (χ4n) is 7.68. The Hall–Kier alpha value is -0.120. The lowest BCUT2D eigenvalue weighted by molar-refractivity contribution is -0.155. The van der Waals surface area contributed by atoms with Crippen molar-refractivity contribution < 1.29 is 10.2 Å². The SMILES string of the molecule is C[C@]12CC[C@H](O)C[C@@H]1CC[C@@H]1[C@@H]2CC[C@@]2(C)[C@H]1CC[C@@]2(O)CN. The van der Waals surface area contributed by atoms with Crippen molar-refractivity contribution in [2.45, 2.75) is 83.3 Å². The van der Waals surface area contributed by atoms with E-state index in [9.17, 15) is 10.2 Å². The van der Waals surface area contributed by atoms with E-state index in [4.69, 9.17) is 5.73 Å². The summed E-state index contributed by atoms with van der Waals surface area (Å²) in [5.74, 6) is 2.93. The maximum atomic E-state index is 11.1. The van der Waals surface area contributed by atoms with Gasteiger partial charge in [-0.25, -0.2) is 0 Å². The summed E-state index contributed by atoms with van der Waals surface area (Å²) >= 11 is 0. The molecule has 132 valence electrons. The highest BCUT2D eigenvalue weighted by molar-refractivity contribution is 5.14. The molecule has 0 bridgehead atoms. The second kappa shape index (κ2) is 5.19. The topological polar surface area (TPSA) is 66.5 Å². The Morgan fingerprint density at radius 3 is 2.43 bits per heavy atom. The molecule has 0 unspecified atom stereocenters. The second-order valence-electron chi connectivity index (χ2n) is 9.82. The standard InChI is InChI=1S/C20H35NO2/c1-18-8-5-14(22)11-13(18)3-4-15-16(18)6-9-19(2)17(15)7-10-20(19,23)12-21/h13-17,22-23H,3-12,21H2,1-2H3/t13-,14-,15+,16-,17-,18-,19-,20+/m0/s1. The van der Waals surface area contributed by atoms with Gasteiger partial charge in [0, 0.05) is 12.0 Å². The van der Waals surface area contributed by atoms with Crippen LogP contribution in [0, 0.1) is 34.5 Å². The first-order chi connectivity index (χ1) is 10.8. The molecule has 0 aromatic rings. The molecule has 4 rings (SSSR count). The average Bonchev–Trinajstić information content (AvgIpc) is 2.80. The number of hydrogen-bond donors (Lipinski definition) is 3. The van der Waals surface area contributed by atoms with Gasteiger partial charge in [0.05, 0.1) is 11.7 Å². The van der Waals surface area contributed by atoms with Crippen LogP contribution in [0.2, 0.25) is 0 Å². The van der Waals surface area contributed by atoms with E-state index < -0.39 is 5.60 Å². The number of aliphatic hydroxyl groups is 2. The van der Waals surface area contributed by atoms with Crippen LogP contribution < -0.4 is 5.73 Å². The molecule has 0 heterocycles. The number of fused-ring (bicyclic) bond motifs is 5. The fourth-order valence-corrected chi connectivity index (χ4v) is 7.68. The van der Waals surface area contributed by atoms with Crippen LogP contribution in [0.3, 0.4) is 0 Å². The molecule has 0 amide bonds. The maximum absolute atomic E-state index is 11.1. The molecule has 4 saturated carbocycles. The summed E-state index contributed by atoms with van der Waals surface area (Å²) in [6.07, 6.45) is 10.2. The summed E-state index contributed by atoms with van der Waals surface area (Å²) in [5, 5.41) is 21.2. The zero-order valence-corrected chi connectivity index (χ0v) is 14.9. The molecule has 0 saturated heterocycles. The van der Waals surface area contributed by atoms with E-state index in [0.29, 0.717) is 23.8 Å². The summed E-state index contributed by atoms with van der Waals surface area (Å²) in [6, 6.07) is 0. The van der Waals surface area contributed by atoms with Gasteiger partial charge >= 0.3 is 0 Å². The molecule has 0 aromatic heterocycles. The summed E-state index contributed by atoms with van der Waals surface area (Å²) in [5.41, 5.74) is 5.81. The molecule has 4 fully saturated rings. The first-order valence-electron chi connectivity index (χ1n) is 9.94. The van der Waals surface area contributed by atoms with Gasteiger partial charge in [-0.1, -0.05) is 13.8 Å². The van der Waals surface area contributed by atoms with Crippen molar-refractivity contribution in [3.8, 4) is 0 Å². The largest absolute Gasteiger partial charge is 0.393 e.